The van der Waals surface area contributed by atoms with E-state index in [1.165, 1.54) is 15.9 Å². The maximum Gasteiger partial charge on any atom is 0.338 e. The number of hydrogen-bond donors (Lipinski definition) is 1. The van der Waals surface area contributed by atoms with Crippen molar-refractivity contribution in [2.45, 2.75) is 19.9 Å². The minimum atomic E-state index is -0.696. The molecule has 0 unspecified atom stereocenters. The van der Waals surface area contributed by atoms with E-state index in [-0.39, 0.29) is 17.9 Å². The van der Waals surface area contributed by atoms with Gasteiger partial charge in [0.1, 0.15) is 11.5 Å². The lowest BCUT2D eigenvalue weighted by molar-refractivity contribution is -0.139. The second-order valence-electron chi connectivity index (χ2n) is 7.28. The number of benzene rings is 2. The summed E-state index contributed by atoms with van der Waals surface area (Å²) in [6.45, 7) is 3.69. The molecule has 0 radical (unpaired) electrons. The Morgan fingerprint density at radius 3 is 2.67 bits per heavy atom. The summed E-state index contributed by atoms with van der Waals surface area (Å²) < 4.78 is 13.4. The Hall–Kier alpha value is -2.92. The first kappa shape index (κ1) is 23.2. The summed E-state index contributed by atoms with van der Waals surface area (Å²) in [6, 6.07) is 11.7. The topological polar surface area (TPSA) is 90.1 Å². The van der Waals surface area contributed by atoms with E-state index in [2.05, 4.69) is 27.6 Å². The molecule has 1 aromatic heterocycles. The molecule has 0 saturated carbocycles. The number of aromatic nitrogens is 1. The van der Waals surface area contributed by atoms with Crippen LogP contribution in [0.15, 0.2) is 63.5 Å². The minimum absolute atomic E-state index is 0.0800. The summed E-state index contributed by atoms with van der Waals surface area (Å²) in [5.74, 6) is 0.235. The third kappa shape index (κ3) is 4.47. The molecule has 0 aliphatic carbocycles. The van der Waals surface area contributed by atoms with Gasteiger partial charge in [0.2, 0.25) is 0 Å². The number of halogens is 1. The number of allylic oxidation sites excluding steroid dienone is 1. The van der Waals surface area contributed by atoms with E-state index in [9.17, 15) is 14.7 Å². The summed E-state index contributed by atoms with van der Waals surface area (Å²) >= 11 is 3.36. The molecule has 9 heteroatoms. The SMILES string of the molecule is CCOC(=O)C1=C(C)N=c2s/c(=C\c3cc(I)ccc3O)c(=O)n2[C@@H]1c1ccc(OC)cc1. The molecule has 1 N–H and O–H groups in total. The summed E-state index contributed by atoms with van der Waals surface area (Å²) in [5.41, 5.74) is 1.79. The fourth-order valence-electron chi connectivity index (χ4n) is 3.68. The monoisotopic (exact) mass is 576 g/mol. The standard InChI is InChI=1S/C24H21IN2O5S/c1-4-32-23(30)20-13(2)26-24-27(21(20)14-5-8-17(31-3)9-6-14)22(29)19(33-24)12-15-11-16(25)7-10-18(15)28/h5-12,21,28H,4H2,1-3H3/b19-12-/t21-/m1/s1. The van der Waals surface area contributed by atoms with Crippen molar-refractivity contribution < 1.29 is 19.4 Å². The van der Waals surface area contributed by atoms with E-state index in [1.807, 2.05) is 12.1 Å². The zero-order valence-electron chi connectivity index (χ0n) is 18.2. The number of carbonyl (C=O) groups excluding carboxylic acids is 1. The van der Waals surface area contributed by atoms with Crippen molar-refractivity contribution >= 4 is 46.0 Å². The maximum absolute atomic E-state index is 13.6. The van der Waals surface area contributed by atoms with Crippen LogP contribution in [0.2, 0.25) is 0 Å². The lowest BCUT2D eigenvalue weighted by Crippen LogP contribution is -2.39. The van der Waals surface area contributed by atoms with Crippen molar-refractivity contribution in [1.29, 1.82) is 0 Å². The number of aromatic hydroxyl groups is 1. The number of carbonyl (C=O) groups is 1. The van der Waals surface area contributed by atoms with Gasteiger partial charge in [-0.25, -0.2) is 9.79 Å². The van der Waals surface area contributed by atoms with Gasteiger partial charge in [-0.1, -0.05) is 23.5 Å². The molecule has 0 fully saturated rings. The van der Waals surface area contributed by atoms with Gasteiger partial charge in [-0.2, -0.15) is 0 Å². The fourth-order valence-corrected chi connectivity index (χ4v) is 5.23. The largest absolute Gasteiger partial charge is 0.507 e. The molecule has 0 amide bonds. The maximum atomic E-state index is 13.6. The highest BCUT2D eigenvalue weighted by molar-refractivity contribution is 14.1. The van der Waals surface area contributed by atoms with Crippen LogP contribution in [0.1, 0.15) is 31.0 Å². The van der Waals surface area contributed by atoms with E-state index < -0.39 is 12.0 Å². The highest BCUT2D eigenvalue weighted by Gasteiger charge is 2.33. The Labute approximate surface area is 207 Å². The molecule has 0 spiro atoms. The molecule has 7 nitrogen and oxygen atoms in total. The number of fused-ring (bicyclic) bond motifs is 1. The molecule has 1 aliphatic rings. The first-order valence-electron chi connectivity index (χ1n) is 10.2. The molecule has 1 atom stereocenters. The van der Waals surface area contributed by atoms with Crippen molar-refractivity contribution in [1.82, 2.24) is 4.57 Å². The van der Waals surface area contributed by atoms with Gasteiger partial charge in [0.05, 0.1) is 35.6 Å². The van der Waals surface area contributed by atoms with Crippen LogP contribution < -0.4 is 19.6 Å². The number of ether oxygens (including phenoxy) is 2. The van der Waals surface area contributed by atoms with E-state index in [4.69, 9.17) is 9.47 Å². The third-order valence-electron chi connectivity index (χ3n) is 5.22. The molecule has 0 bridgehead atoms. The molecule has 3 aromatic rings. The molecule has 2 aromatic carbocycles. The molecule has 0 saturated heterocycles. The van der Waals surface area contributed by atoms with Crippen molar-refractivity contribution in [3.63, 3.8) is 0 Å². The molecular weight excluding hydrogens is 555 g/mol. The Bertz CT molecular complexity index is 1440. The van der Waals surface area contributed by atoms with Crippen LogP contribution in [0, 0.1) is 3.57 Å². The Balaban J connectivity index is 1.96. The normalized spacial score (nSPS) is 15.8. The molecular formula is C24H21IN2O5S. The Morgan fingerprint density at radius 2 is 2.00 bits per heavy atom. The zero-order chi connectivity index (χ0) is 23.7. The van der Waals surface area contributed by atoms with Gasteiger partial charge < -0.3 is 14.6 Å². The van der Waals surface area contributed by atoms with Crippen LogP contribution in [-0.4, -0.2) is 29.4 Å². The van der Waals surface area contributed by atoms with Gasteiger partial charge in [-0.15, -0.1) is 0 Å². The number of methoxy groups -OCH3 is 1. The summed E-state index contributed by atoms with van der Waals surface area (Å²) in [4.78, 5) is 31.5. The highest BCUT2D eigenvalue weighted by Crippen LogP contribution is 2.31. The van der Waals surface area contributed by atoms with Gasteiger partial charge in [-0.3, -0.25) is 9.36 Å². The Kier molecular flexibility index (Phi) is 6.71. The molecule has 4 rings (SSSR count). The van der Waals surface area contributed by atoms with Gasteiger partial charge in [0.25, 0.3) is 5.56 Å². The van der Waals surface area contributed by atoms with Gasteiger partial charge in [0, 0.05) is 9.13 Å². The van der Waals surface area contributed by atoms with Gasteiger partial charge in [-0.05, 0) is 78.4 Å². The number of esters is 1. The van der Waals surface area contributed by atoms with Gasteiger partial charge >= 0.3 is 5.97 Å². The van der Waals surface area contributed by atoms with Gasteiger partial charge in [0.15, 0.2) is 4.80 Å². The van der Waals surface area contributed by atoms with Crippen LogP contribution in [0.3, 0.4) is 0 Å². The second-order valence-corrected chi connectivity index (χ2v) is 9.53. The highest BCUT2D eigenvalue weighted by atomic mass is 127. The van der Waals surface area contributed by atoms with E-state index in [0.29, 0.717) is 31.9 Å². The van der Waals surface area contributed by atoms with Crippen LogP contribution in [0.5, 0.6) is 11.5 Å². The second kappa shape index (κ2) is 9.52. The average molecular weight is 576 g/mol. The van der Waals surface area contributed by atoms with Crippen LogP contribution in [0.25, 0.3) is 6.08 Å². The predicted octanol–water partition coefficient (Wildman–Crippen LogP) is 3.12. The Morgan fingerprint density at radius 1 is 1.27 bits per heavy atom. The van der Waals surface area contributed by atoms with Crippen molar-refractivity contribution in [3.8, 4) is 11.5 Å². The quantitative estimate of drug-likeness (QED) is 0.373. The van der Waals surface area contributed by atoms with Crippen LogP contribution in [0.4, 0.5) is 0 Å². The van der Waals surface area contributed by atoms with Crippen LogP contribution >= 0.6 is 33.9 Å². The lowest BCUT2D eigenvalue weighted by Gasteiger charge is -2.24. The van der Waals surface area contributed by atoms with Crippen molar-refractivity contribution in [2.24, 2.45) is 4.99 Å². The van der Waals surface area contributed by atoms with E-state index in [0.717, 1.165) is 9.13 Å². The number of thiazole rings is 1. The number of phenolic OH excluding ortho intramolecular Hbond substituents is 1. The smallest absolute Gasteiger partial charge is 0.338 e. The van der Waals surface area contributed by atoms with Crippen LogP contribution in [-0.2, 0) is 9.53 Å². The fraction of sp³-hybridized carbons (Fsp3) is 0.208. The van der Waals surface area contributed by atoms with E-state index >= 15 is 0 Å². The minimum Gasteiger partial charge on any atom is -0.507 e. The summed E-state index contributed by atoms with van der Waals surface area (Å²) in [5, 5.41) is 10.2. The van der Waals surface area contributed by atoms with E-state index in [1.54, 1.807) is 57.4 Å². The van der Waals surface area contributed by atoms with Crippen molar-refractivity contribution in [3.05, 3.63) is 88.1 Å². The summed E-state index contributed by atoms with van der Waals surface area (Å²) in [7, 11) is 1.58. The molecule has 170 valence electrons. The zero-order valence-corrected chi connectivity index (χ0v) is 21.1. The molecule has 2 heterocycles. The predicted molar refractivity (Wildman–Crippen MR) is 134 cm³/mol. The number of nitrogens with zero attached hydrogens (tertiary/aromatic N) is 2. The third-order valence-corrected chi connectivity index (χ3v) is 6.88. The number of phenols is 1. The van der Waals surface area contributed by atoms with Crippen molar-refractivity contribution in [2.75, 3.05) is 13.7 Å². The summed E-state index contributed by atoms with van der Waals surface area (Å²) in [6.07, 6.45) is 1.65. The first-order valence-corrected chi connectivity index (χ1v) is 12.1. The number of hydrogen-bond acceptors (Lipinski definition) is 7. The first-order chi connectivity index (χ1) is 15.8. The average Bonchev–Trinajstić information content (AvgIpc) is 3.10. The number of rotatable bonds is 5. The molecule has 33 heavy (non-hydrogen) atoms. The lowest BCUT2D eigenvalue weighted by atomic mass is 9.96. The molecule has 1 aliphatic heterocycles.